The summed E-state index contributed by atoms with van der Waals surface area (Å²) in [5, 5.41) is 0. The molecule has 0 radical (unpaired) electrons. The highest BCUT2D eigenvalue weighted by Gasteiger charge is 2.14. The highest BCUT2D eigenvalue weighted by molar-refractivity contribution is 4.91. The lowest BCUT2D eigenvalue weighted by Crippen LogP contribution is -2.17. The molecule has 0 aliphatic carbocycles. The Balaban J connectivity index is 2.56. The molecule has 1 rings (SSSR count). The zero-order chi connectivity index (χ0) is 8.32. The molecule has 1 heterocycles. The van der Waals surface area contributed by atoms with E-state index in [4.69, 9.17) is 0 Å². The Bertz CT molecular complexity index is 197. The van der Waals surface area contributed by atoms with Crippen molar-refractivity contribution in [2.24, 2.45) is 5.41 Å². The third kappa shape index (κ3) is 2.41. The van der Waals surface area contributed by atoms with Gasteiger partial charge in [-0.25, -0.2) is 0 Å². The molecule has 0 aliphatic heterocycles. The van der Waals surface area contributed by atoms with Gasteiger partial charge >= 0.3 is 0 Å². The first-order chi connectivity index (χ1) is 5.14. The van der Waals surface area contributed by atoms with Crippen LogP contribution >= 0.6 is 0 Å². The van der Waals surface area contributed by atoms with Crippen molar-refractivity contribution in [3.8, 4) is 0 Å². The van der Waals surface area contributed by atoms with E-state index in [1.54, 1.807) is 0 Å². The van der Waals surface area contributed by atoms with E-state index in [1.807, 2.05) is 0 Å². The van der Waals surface area contributed by atoms with Crippen LogP contribution in [0, 0.1) is 5.41 Å². The molecule has 0 spiro atoms. The van der Waals surface area contributed by atoms with E-state index >= 15 is 0 Å². The second-order valence-corrected chi connectivity index (χ2v) is 3.87. The fourth-order valence-corrected chi connectivity index (χ4v) is 1.08. The van der Waals surface area contributed by atoms with Crippen LogP contribution in [0.2, 0.25) is 0 Å². The maximum Gasteiger partial charge on any atom is 0.0270 e. The molecule has 0 saturated heterocycles. The predicted molar refractivity (Wildman–Crippen MR) is 48.5 cm³/mol. The summed E-state index contributed by atoms with van der Waals surface area (Å²) in [4.78, 5) is 0. The van der Waals surface area contributed by atoms with Crippen molar-refractivity contribution < 1.29 is 0 Å². The minimum absolute atomic E-state index is 0.430. The van der Waals surface area contributed by atoms with Gasteiger partial charge in [0.2, 0.25) is 0 Å². The standard InChI is InChI=1S/C10H17N/c1-4-10(2,3)9-11-7-5-6-8-11/h5-8H,4,9H2,1-3H3. The van der Waals surface area contributed by atoms with Crippen LogP contribution in [0.1, 0.15) is 27.2 Å². The van der Waals surface area contributed by atoms with E-state index in [-0.39, 0.29) is 0 Å². The van der Waals surface area contributed by atoms with Gasteiger partial charge in [0, 0.05) is 18.9 Å². The van der Waals surface area contributed by atoms with E-state index in [1.165, 1.54) is 6.42 Å². The lowest BCUT2D eigenvalue weighted by atomic mass is 9.90. The fourth-order valence-electron chi connectivity index (χ4n) is 1.08. The molecule has 1 heteroatoms. The Morgan fingerprint density at radius 2 is 1.73 bits per heavy atom. The highest BCUT2D eigenvalue weighted by Crippen LogP contribution is 2.21. The first kappa shape index (κ1) is 8.38. The van der Waals surface area contributed by atoms with Gasteiger partial charge in [0.25, 0.3) is 0 Å². The number of rotatable bonds is 3. The maximum atomic E-state index is 2.30. The molecule has 62 valence electrons. The summed E-state index contributed by atoms with van der Waals surface area (Å²) in [7, 11) is 0. The van der Waals surface area contributed by atoms with Crippen molar-refractivity contribution in [2.45, 2.75) is 33.7 Å². The van der Waals surface area contributed by atoms with Crippen LogP contribution in [0.3, 0.4) is 0 Å². The van der Waals surface area contributed by atoms with Crippen LogP contribution in [0.25, 0.3) is 0 Å². The fraction of sp³-hybridized carbons (Fsp3) is 0.600. The smallest absolute Gasteiger partial charge is 0.0270 e. The van der Waals surface area contributed by atoms with Crippen LogP contribution in [0.15, 0.2) is 24.5 Å². The molecule has 0 amide bonds. The van der Waals surface area contributed by atoms with Crippen LogP contribution < -0.4 is 0 Å². The summed E-state index contributed by atoms with van der Waals surface area (Å²) in [6, 6.07) is 4.15. The molecular weight excluding hydrogens is 134 g/mol. The second-order valence-electron chi connectivity index (χ2n) is 3.87. The lowest BCUT2D eigenvalue weighted by Gasteiger charge is -2.22. The second kappa shape index (κ2) is 3.12. The van der Waals surface area contributed by atoms with Gasteiger partial charge in [0.1, 0.15) is 0 Å². The average molecular weight is 151 g/mol. The third-order valence-corrected chi connectivity index (χ3v) is 2.23. The molecule has 0 saturated carbocycles. The Morgan fingerprint density at radius 3 is 2.18 bits per heavy atom. The normalized spacial score (nSPS) is 11.9. The Labute approximate surface area is 69.0 Å². The van der Waals surface area contributed by atoms with Crippen molar-refractivity contribution in [3.63, 3.8) is 0 Å². The number of hydrogen-bond acceptors (Lipinski definition) is 0. The zero-order valence-corrected chi connectivity index (χ0v) is 7.67. The summed E-state index contributed by atoms with van der Waals surface area (Å²) in [6.45, 7) is 7.96. The highest BCUT2D eigenvalue weighted by atomic mass is 14.9. The quantitative estimate of drug-likeness (QED) is 0.626. The van der Waals surface area contributed by atoms with Gasteiger partial charge in [-0.1, -0.05) is 20.8 Å². The van der Waals surface area contributed by atoms with Gasteiger partial charge in [0.05, 0.1) is 0 Å². The third-order valence-electron chi connectivity index (χ3n) is 2.23. The molecule has 0 bridgehead atoms. The summed E-state index contributed by atoms with van der Waals surface area (Å²) < 4.78 is 2.24. The largest absolute Gasteiger partial charge is 0.354 e. The molecular formula is C10H17N. The van der Waals surface area contributed by atoms with Crippen LogP contribution in [-0.4, -0.2) is 4.57 Å². The van der Waals surface area contributed by atoms with Gasteiger partial charge in [-0.3, -0.25) is 0 Å². The van der Waals surface area contributed by atoms with Crippen molar-refractivity contribution in [2.75, 3.05) is 0 Å². The molecule has 0 unspecified atom stereocenters. The molecule has 0 atom stereocenters. The van der Waals surface area contributed by atoms with E-state index in [2.05, 4.69) is 49.9 Å². The predicted octanol–water partition coefficient (Wildman–Crippen LogP) is 2.92. The van der Waals surface area contributed by atoms with E-state index in [0.29, 0.717) is 5.41 Å². The lowest BCUT2D eigenvalue weighted by molar-refractivity contribution is 0.295. The van der Waals surface area contributed by atoms with Gasteiger partial charge in [-0.15, -0.1) is 0 Å². The Kier molecular flexibility index (Phi) is 2.38. The monoisotopic (exact) mass is 151 g/mol. The van der Waals surface area contributed by atoms with Gasteiger partial charge in [-0.05, 0) is 24.0 Å². The van der Waals surface area contributed by atoms with E-state index in [0.717, 1.165) is 6.54 Å². The average Bonchev–Trinajstić information content (AvgIpc) is 2.39. The Hall–Kier alpha value is -0.720. The molecule has 0 N–H and O–H groups in total. The number of nitrogens with zero attached hydrogens (tertiary/aromatic N) is 1. The minimum Gasteiger partial charge on any atom is -0.354 e. The summed E-state index contributed by atoms with van der Waals surface area (Å²) in [6.07, 6.45) is 5.47. The first-order valence-corrected chi connectivity index (χ1v) is 4.25. The number of aromatic nitrogens is 1. The Morgan fingerprint density at radius 1 is 1.18 bits per heavy atom. The molecule has 1 aromatic heterocycles. The summed E-state index contributed by atoms with van der Waals surface area (Å²) in [5.41, 5.74) is 0.430. The summed E-state index contributed by atoms with van der Waals surface area (Å²) in [5.74, 6) is 0. The molecule has 11 heavy (non-hydrogen) atoms. The van der Waals surface area contributed by atoms with Crippen molar-refractivity contribution in [1.82, 2.24) is 4.57 Å². The molecule has 0 aromatic carbocycles. The van der Waals surface area contributed by atoms with Crippen molar-refractivity contribution in [3.05, 3.63) is 24.5 Å². The van der Waals surface area contributed by atoms with Crippen LogP contribution in [0.4, 0.5) is 0 Å². The van der Waals surface area contributed by atoms with Gasteiger partial charge in [-0.2, -0.15) is 0 Å². The summed E-state index contributed by atoms with van der Waals surface area (Å²) >= 11 is 0. The zero-order valence-electron chi connectivity index (χ0n) is 7.67. The van der Waals surface area contributed by atoms with Gasteiger partial charge in [0.15, 0.2) is 0 Å². The van der Waals surface area contributed by atoms with E-state index in [9.17, 15) is 0 Å². The SMILES string of the molecule is CCC(C)(C)Cn1cccc1. The van der Waals surface area contributed by atoms with Crippen molar-refractivity contribution in [1.29, 1.82) is 0 Å². The minimum atomic E-state index is 0.430. The van der Waals surface area contributed by atoms with Crippen molar-refractivity contribution >= 4 is 0 Å². The van der Waals surface area contributed by atoms with Crippen LogP contribution in [-0.2, 0) is 6.54 Å². The number of hydrogen-bond donors (Lipinski definition) is 0. The van der Waals surface area contributed by atoms with Gasteiger partial charge < -0.3 is 4.57 Å². The maximum absolute atomic E-state index is 2.30. The molecule has 0 fully saturated rings. The molecule has 1 nitrogen and oxygen atoms in total. The topological polar surface area (TPSA) is 4.93 Å². The van der Waals surface area contributed by atoms with E-state index < -0.39 is 0 Å². The first-order valence-electron chi connectivity index (χ1n) is 4.25. The molecule has 0 aliphatic rings. The van der Waals surface area contributed by atoms with Crippen LogP contribution in [0.5, 0.6) is 0 Å². The molecule has 1 aromatic rings.